The van der Waals surface area contributed by atoms with Crippen molar-refractivity contribution >= 4 is 29.0 Å². The van der Waals surface area contributed by atoms with Gasteiger partial charge in [-0.3, -0.25) is 9.59 Å². The van der Waals surface area contributed by atoms with E-state index in [4.69, 9.17) is 16.7 Å². The first-order valence-corrected chi connectivity index (χ1v) is 5.90. The summed E-state index contributed by atoms with van der Waals surface area (Å²) in [7, 11) is 0. The van der Waals surface area contributed by atoms with Crippen LogP contribution in [-0.2, 0) is 4.79 Å². The van der Waals surface area contributed by atoms with Gasteiger partial charge < -0.3 is 10.0 Å². The van der Waals surface area contributed by atoms with E-state index in [9.17, 15) is 14.0 Å². The monoisotopic (exact) mass is 271 g/mol. The van der Waals surface area contributed by atoms with Crippen LogP contribution in [0.15, 0.2) is 12.1 Å². The number of hydrogen-bond donors (Lipinski definition) is 1. The summed E-state index contributed by atoms with van der Waals surface area (Å²) in [5.74, 6) is -2.19. The van der Waals surface area contributed by atoms with Gasteiger partial charge >= 0.3 is 0 Å². The Bertz CT molecular complexity index is 518. The number of benzene rings is 1. The normalized spacial score (nSPS) is 14.3. The molecule has 4 nitrogen and oxygen atoms in total. The molecule has 0 bridgehead atoms. The van der Waals surface area contributed by atoms with E-state index in [1.165, 1.54) is 6.07 Å². The summed E-state index contributed by atoms with van der Waals surface area (Å²) in [5, 5.41) is 8.76. The summed E-state index contributed by atoms with van der Waals surface area (Å²) in [6.45, 7) is 0.177. The third-order valence-corrected chi connectivity index (χ3v) is 3.12. The molecule has 0 saturated heterocycles. The predicted octanol–water partition coefficient (Wildman–Crippen LogP) is 1.78. The average Bonchev–Trinajstić information content (AvgIpc) is 2.60. The van der Waals surface area contributed by atoms with Gasteiger partial charge in [0.15, 0.2) is 0 Å². The van der Waals surface area contributed by atoms with Crippen LogP contribution in [0.25, 0.3) is 0 Å². The number of amides is 1. The van der Waals surface area contributed by atoms with Crippen LogP contribution in [-0.4, -0.2) is 29.9 Å². The number of halogens is 2. The summed E-state index contributed by atoms with van der Waals surface area (Å²) >= 11 is 5.82. The zero-order valence-corrected chi connectivity index (χ0v) is 10.2. The molecule has 0 aromatic heterocycles. The molecule has 0 fully saturated rings. The third kappa shape index (κ3) is 2.00. The Labute approximate surface area is 108 Å². The second-order valence-electron chi connectivity index (χ2n) is 3.97. The molecule has 6 heteroatoms. The number of ketones is 1. The molecule has 0 spiro atoms. The molecule has 0 unspecified atom stereocenters. The minimum Gasteiger partial charge on any atom is -0.396 e. The van der Waals surface area contributed by atoms with E-state index >= 15 is 0 Å². The number of carbonyl (C=O) groups is 2. The Morgan fingerprint density at radius 2 is 2.00 bits per heavy atom. The lowest BCUT2D eigenvalue weighted by molar-refractivity contribution is -0.114. The van der Waals surface area contributed by atoms with Crippen molar-refractivity contribution < 1.29 is 19.1 Å². The van der Waals surface area contributed by atoms with Gasteiger partial charge in [0.1, 0.15) is 5.82 Å². The van der Waals surface area contributed by atoms with E-state index in [0.29, 0.717) is 12.8 Å². The Morgan fingerprint density at radius 1 is 1.28 bits per heavy atom. The van der Waals surface area contributed by atoms with Gasteiger partial charge in [0.25, 0.3) is 11.7 Å². The van der Waals surface area contributed by atoms with Gasteiger partial charge in [0, 0.05) is 13.2 Å². The molecule has 0 atom stereocenters. The van der Waals surface area contributed by atoms with Crippen LogP contribution in [0.3, 0.4) is 0 Å². The van der Waals surface area contributed by atoms with Crippen LogP contribution in [0.5, 0.6) is 0 Å². The van der Waals surface area contributed by atoms with Gasteiger partial charge in [0.2, 0.25) is 0 Å². The summed E-state index contributed by atoms with van der Waals surface area (Å²) in [4.78, 5) is 24.6. The Hall–Kier alpha value is -1.46. The number of fused-ring (bicyclic) bond motifs is 1. The Morgan fingerprint density at radius 3 is 2.67 bits per heavy atom. The van der Waals surface area contributed by atoms with Gasteiger partial charge in [-0.2, -0.15) is 0 Å². The number of carbonyl (C=O) groups excluding carboxylic acids is 2. The fourth-order valence-corrected chi connectivity index (χ4v) is 2.19. The number of aliphatic hydroxyl groups is 1. The van der Waals surface area contributed by atoms with Gasteiger partial charge in [0.05, 0.1) is 16.3 Å². The maximum atomic E-state index is 13.7. The van der Waals surface area contributed by atoms with Gasteiger partial charge in [-0.05, 0) is 25.0 Å². The first-order chi connectivity index (χ1) is 8.57. The van der Waals surface area contributed by atoms with E-state index in [1.54, 1.807) is 0 Å². The number of unbranched alkanes of at least 4 members (excludes halogenated alkanes) is 1. The summed E-state index contributed by atoms with van der Waals surface area (Å²) in [5.41, 5.74) is -0.110. The van der Waals surface area contributed by atoms with E-state index in [1.807, 2.05) is 0 Å². The molecule has 1 N–H and O–H groups in total. The molecular formula is C12H11ClFNO3. The number of rotatable bonds is 4. The van der Waals surface area contributed by atoms with Crippen molar-refractivity contribution in [3.8, 4) is 0 Å². The van der Waals surface area contributed by atoms with Crippen LogP contribution in [0.4, 0.5) is 10.1 Å². The lowest BCUT2D eigenvalue weighted by Gasteiger charge is -2.16. The first kappa shape index (κ1) is 13.0. The van der Waals surface area contributed by atoms with Crippen LogP contribution < -0.4 is 4.90 Å². The number of nitrogens with zero attached hydrogens (tertiary/aromatic N) is 1. The molecule has 1 aliphatic heterocycles. The zero-order valence-electron chi connectivity index (χ0n) is 9.45. The third-order valence-electron chi connectivity index (χ3n) is 2.80. The molecule has 1 aromatic rings. The van der Waals surface area contributed by atoms with Crippen LogP contribution in [0.2, 0.25) is 5.02 Å². The predicted molar refractivity (Wildman–Crippen MR) is 64.4 cm³/mol. The number of Topliss-reactive ketones (excluding diaryl/α,β-unsaturated/α-hetero) is 1. The van der Waals surface area contributed by atoms with Crippen molar-refractivity contribution in [2.24, 2.45) is 0 Å². The zero-order chi connectivity index (χ0) is 13.3. The molecule has 96 valence electrons. The molecule has 1 amide bonds. The lowest BCUT2D eigenvalue weighted by atomic mass is 10.1. The van der Waals surface area contributed by atoms with Gasteiger partial charge in [-0.25, -0.2) is 4.39 Å². The first-order valence-electron chi connectivity index (χ1n) is 5.53. The summed E-state index contributed by atoms with van der Waals surface area (Å²) < 4.78 is 13.7. The highest BCUT2D eigenvalue weighted by Crippen LogP contribution is 2.36. The number of aliphatic hydroxyl groups excluding tert-OH is 1. The van der Waals surface area contributed by atoms with Gasteiger partial charge in [-0.1, -0.05) is 11.6 Å². The Kier molecular flexibility index (Phi) is 3.63. The SMILES string of the molecule is O=C1C(=O)N(CCCCO)c2c(F)ccc(Cl)c21. The minimum absolute atomic E-state index is 0.0130. The molecule has 18 heavy (non-hydrogen) atoms. The van der Waals surface area contributed by atoms with Crippen molar-refractivity contribution in [2.75, 3.05) is 18.1 Å². The second-order valence-corrected chi connectivity index (χ2v) is 4.38. The van der Waals surface area contributed by atoms with Crippen molar-refractivity contribution in [3.05, 3.63) is 28.5 Å². The topological polar surface area (TPSA) is 57.6 Å². The molecule has 1 aliphatic rings. The molecule has 2 rings (SSSR count). The van der Waals surface area contributed by atoms with Crippen LogP contribution in [0, 0.1) is 5.82 Å². The smallest absolute Gasteiger partial charge is 0.299 e. The van der Waals surface area contributed by atoms with Crippen LogP contribution >= 0.6 is 11.6 Å². The van der Waals surface area contributed by atoms with E-state index in [2.05, 4.69) is 0 Å². The maximum Gasteiger partial charge on any atom is 0.299 e. The molecule has 1 aromatic carbocycles. The average molecular weight is 272 g/mol. The maximum absolute atomic E-state index is 13.7. The fourth-order valence-electron chi connectivity index (χ4n) is 1.95. The summed E-state index contributed by atoms with van der Waals surface area (Å²) in [6, 6.07) is 2.39. The van der Waals surface area contributed by atoms with Crippen molar-refractivity contribution in [1.82, 2.24) is 0 Å². The second kappa shape index (κ2) is 5.04. The van der Waals surface area contributed by atoms with Crippen molar-refractivity contribution in [3.63, 3.8) is 0 Å². The van der Waals surface area contributed by atoms with Crippen LogP contribution in [0.1, 0.15) is 23.2 Å². The lowest BCUT2D eigenvalue weighted by Crippen LogP contribution is -2.31. The Balaban J connectivity index is 2.39. The fraction of sp³-hybridized carbons (Fsp3) is 0.333. The van der Waals surface area contributed by atoms with E-state index in [0.717, 1.165) is 11.0 Å². The van der Waals surface area contributed by atoms with E-state index < -0.39 is 17.5 Å². The molecule has 0 aliphatic carbocycles. The molecule has 0 radical (unpaired) electrons. The number of anilines is 1. The quantitative estimate of drug-likeness (QED) is 0.671. The van der Waals surface area contributed by atoms with E-state index in [-0.39, 0.29) is 29.4 Å². The van der Waals surface area contributed by atoms with Crippen molar-refractivity contribution in [1.29, 1.82) is 0 Å². The molecular weight excluding hydrogens is 261 g/mol. The largest absolute Gasteiger partial charge is 0.396 e. The minimum atomic E-state index is -0.779. The standard InChI is InChI=1S/C12H11ClFNO3/c13-7-3-4-8(14)10-9(7)11(17)12(18)15(10)5-1-2-6-16/h3-4,16H,1-2,5-6H2. The van der Waals surface area contributed by atoms with Crippen molar-refractivity contribution in [2.45, 2.75) is 12.8 Å². The molecule has 0 saturated carbocycles. The summed E-state index contributed by atoms with van der Waals surface area (Å²) in [6.07, 6.45) is 0.969. The molecule has 1 heterocycles. The highest BCUT2D eigenvalue weighted by molar-refractivity contribution is 6.55. The number of hydrogen-bond acceptors (Lipinski definition) is 3. The highest BCUT2D eigenvalue weighted by atomic mass is 35.5. The highest BCUT2D eigenvalue weighted by Gasteiger charge is 2.39. The van der Waals surface area contributed by atoms with Gasteiger partial charge in [-0.15, -0.1) is 0 Å².